The van der Waals surface area contributed by atoms with Crippen LogP contribution < -0.4 is 15.5 Å². The van der Waals surface area contributed by atoms with Crippen LogP contribution in [0.3, 0.4) is 0 Å². The van der Waals surface area contributed by atoms with Crippen LogP contribution in [0.25, 0.3) is 0 Å². The third-order valence-corrected chi connectivity index (χ3v) is 6.88. The van der Waals surface area contributed by atoms with E-state index in [-0.39, 0.29) is 6.09 Å². The van der Waals surface area contributed by atoms with Crippen molar-refractivity contribution in [2.24, 2.45) is 5.92 Å². The van der Waals surface area contributed by atoms with Gasteiger partial charge in [-0.05, 0) is 63.1 Å². The molecule has 1 atom stereocenters. The lowest BCUT2D eigenvalue weighted by Gasteiger charge is -2.35. The number of amides is 1. The highest BCUT2D eigenvalue weighted by Gasteiger charge is 2.21. The van der Waals surface area contributed by atoms with Crippen LogP contribution in [0, 0.1) is 5.92 Å². The van der Waals surface area contributed by atoms with Crippen molar-refractivity contribution in [3.05, 3.63) is 60.2 Å². The molecule has 6 heteroatoms. The Kier molecular flexibility index (Phi) is 11.2. The van der Waals surface area contributed by atoms with Crippen LogP contribution in [0.1, 0.15) is 52.0 Å². The summed E-state index contributed by atoms with van der Waals surface area (Å²) in [7, 11) is 0. The molecule has 1 fully saturated rings. The van der Waals surface area contributed by atoms with Gasteiger partial charge < -0.3 is 25.2 Å². The van der Waals surface area contributed by atoms with E-state index in [2.05, 4.69) is 65.5 Å². The number of ether oxygens (including phenoxy) is 1. The second-order valence-electron chi connectivity index (χ2n) is 9.64. The van der Waals surface area contributed by atoms with Crippen molar-refractivity contribution in [1.29, 1.82) is 0 Å². The molecule has 1 saturated heterocycles. The SMILES string of the molecule is CCN(CC)c1ccccc1NC1CCN(CC(C)CCCNC(=O)OCc2ccccc2)CC1. The molecule has 192 valence electrons. The number of nitrogens with one attached hydrogen (secondary N) is 2. The zero-order valence-corrected chi connectivity index (χ0v) is 21.8. The molecule has 1 heterocycles. The summed E-state index contributed by atoms with van der Waals surface area (Å²) in [5.41, 5.74) is 3.58. The summed E-state index contributed by atoms with van der Waals surface area (Å²) in [6.45, 7) is 13.2. The zero-order chi connectivity index (χ0) is 24.9. The third kappa shape index (κ3) is 9.10. The van der Waals surface area contributed by atoms with E-state index in [1.54, 1.807) is 0 Å². The van der Waals surface area contributed by atoms with E-state index in [0.29, 0.717) is 25.1 Å². The summed E-state index contributed by atoms with van der Waals surface area (Å²) >= 11 is 0. The fourth-order valence-corrected chi connectivity index (χ4v) is 4.86. The Hall–Kier alpha value is -2.73. The minimum atomic E-state index is -0.335. The van der Waals surface area contributed by atoms with Crippen molar-refractivity contribution >= 4 is 17.5 Å². The Labute approximate surface area is 212 Å². The number of benzene rings is 2. The number of piperidine rings is 1. The van der Waals surface area contributed by atoms with E-state index in [4.69, 9.17) is 4.74 Å². The lowest BCUT2D eigenvalue weighted by Crippen LogP contribution is -2.41. The molecule has 2 aromatic rings. The van der Waals surface area contributed by atoms with E-state index in [1.807, 2.05) is 30.3 Å². The van der Waals surface area contributed by atoms with Crippen LogP contribution in [-0.4, -0.2) is 56.3 Å². The molecule has 0 spiro atoms. The number of likely N-dealkylation sites (tertiary alicyclic amines) is 1. The summed E-state index contributed by atoms with van der Waals surface area (Å²) in [4.78, 5) is 16.9. The van der Waals surface area contributed by atoms with Crippen LogP contribution in [0.2, 0.25) is 0 Å². The Morgan fingerprint density at radius 3 is 2.46 bits per heavy atom. The van der Waals surface area contributed by atoms with Gasteiger partial charge in [-0.15, -0.1) is 0 Å². The minimum Gasteiger partial charge on any atom is -0.445 e. The van der Waals surface area contributed by atoms with Gasteiger partial charge in [0.25, 0.3) is 0 Å². The molecule has 0 saturated carbocycles. The van der Waals surface area contributed by atoms with E-state index in [0.717, 1.165) is 51.1 Å². The van der Waals surface area contributed by atoms with Crippen LogP contribution in [0.5, 0.6) is 0 Å². The first-order valence-electron chi connectivity index (χ1n) is 13.4. The number of alkyl carbamates (subject to hydrolysis) is 1. The second kappa shape index (κ2) is 14.6. The first-order valence-corrected chi connectivity index (χ1v) is 13.4. The number of carbonyl (C=O) groups excluding carboxylic acids is 1. The van der Waals surface area contributed by atoms with E-state index in [9.17, 15) is 4.79 Å². The number of anilines is 2. The molecule has 3 rings (SSSR count). The predicted molar refractivity (Wildman–Crippen MR) is 146 cm³/mol. The molecular formula is C29H44N4O2. The van der Waals surface area contributed by atoms with Crippen molar-refractivity contribution < 1.29 is 9.53 Å². The van der Waals surface area contributed by atoms with Crippen molar-refractivity contribution in [3.63, 3.8) is 0 Å². The minimum absolute atomic E-state index is 0.314. The molecule has 0 aromatic heterocycles. The Balaban J connectivity index is 1.29. The molecule has 2 N–H and O–H groups in total. The van der Waals surface area contributed by atoms with Gasteiger partial charge in [-0.3, -0.25) is 0 Å². The molecule has 0 bridgehead atoms. The smallest absolute Gasteiger partial charge is 0.407 e. The van der Waals surface area contributed by atoms with E-state index >= 15 is 0 Å². The largest absolute Gasteiger partial charge is 0.445 e. The Morgan fingerprint density at radius 2 is 1.74 bits per heavy atom. The van der Waals surface area contributed by atoms with Crippen LogP contribution >= 0.6 is 0 Å². The van der Waals surface area contributed by atoms with Crippen LogP contribution in [-0.2, 0) is 11.3 Å². The molecular weight excluding hydrogens is 436 g/mol. The highest BCUT2D eigenvalue weighted by atomic mass is 16.5. The number of hydrogen-bond acceptors (Lipinski definition) is 5. The van der Waals surface area contributed by atoms with Gasteiger partial charge in [-0.25, -0.2) is 4.79 Å². The highest BCUT2D eigenvalue weighted by molar-refractivity contribution is 5.70. The maximum Gasteiger partial charge on any atom is 0.407 e. The normalized spacial score (nSPS) is 15.4. The predicted octanol–water partition coefficient (Wildman–Crippen LogP) is 5.75. The first-order chi connectivity index (χ1) is 17.1. The molecule has 35 heavy (non-hydrogen) atoms. The van der Waals surface area contributed by atoms with Crippen LogP contribution in [0.15, 0.2) is 54.6 Å². The quantitative estimate of drug-likeness (QED) is 0.358. The van der Waals surface area contributed by atoms with Gasteiger partial charge in [0.05, 0.1) is 11.4 Å². The Bertz CT molecular complexity index is 864. The van der Waals surface area contributed by atoms with Crippen LogP contribution in [0.4, 0.5) is 16.2 Å². The number of hydrogen-bond donors (Lipinski definition) is 2. The molecule has 1 aliphatic rings. The van der Waals surface area contributed by atoms with Gasteiger partial charge in [0.15, 0.2) is 0 Å². The molecule has 1 aliphatic heterocycles. The summed E-state index contributed by atoms with van der Waals surface area (Å²) in [6.07, 6.45) is 4.09. The molecule has 1 amide bonds. The fourth-order valence-electron chi connectivity index (χ4n) is 4.86. The topological polar surface area (TPSA) is 56.8 Å². The van der Waals surface area contributed by atoms with Gasteiger partial charge in [-0.1, -0.05) is 49.4 Å². The van der Waals surface area contributed by atoms with Gasteiger partial charge >= 0.3 is 6.09 Å². The van der Waals surface area contributed by atoms with Gasteiger partial charge in [-0.2, -0.15) is 0 Å². The average molecular weight is 481 g/mol. The summed E-state index contributed by atoms with van der Waals surface area (Å²) in [5, 5.41) is 6.70. The van der Waals surface area contributed by atoms with Crippen molar-refractivity contribution in [1.82, 2.24) is 10.2 Å². The molecule has 1 unspecified atom stereocenters. The number of rotatable bonds is 13. The number of para-hydroxylation sites is 2. The third-order valence-electron chi connectivity index (χ3n) is 6.88. The maximum absolute atomic E-state index is 11.9. The average Bonchev–Trinajstić information content (AvgIpc) is 2.89. The maximum atomic E-state index is 11.9. The van der Waals surface area contributed by atoms with Gasteiger partial charge in [0.1, 0.15) is 6.61 Å². The van der Waals surface area contributed by atoms with Crippen molar-refractivity contribution in [3.8, 4) is 0 Å². The van der Waals surface area contributed by atoms with Crippen molar-refractivity contribution in [2.45, 2.75) is 59.1 Å². The monoisotopic (exact) mass is 480 g/mol. The zero-order valence-electron chi connectivity index (χ0n) is 21.8. The fraction of sp³-hybridized carbons (Fsp3) is 0.552. The van der Waals surface area contributed by atoms with Gasteiger partial charge in [0.2, 0.25) is 0 Å². The lowest BCUT2D eigenvalue weighted by atomic mass is 10.0. The van der Waals surface area contributed by atoms with E-state index < -0.39 is 0 Å². The van der Waals surface area contributed by atoms with E-state index in [1.165, 1.54) is 24.2 Å². The molecule has 2 aromatic carbocycles. The van der Waals surface area contributed by atoms with Gasteiger partial charge in [0, 0.05) is 45.3 Å². The lowest BCUT2D eigenvalue weighted by molar-refractivity contribution is 0.139. The summed E-state index contributed by atoms with van der Waals surface area (Å²) < 4.78 is 5.28. The standard InChI is InChI=1S/C29H44N4O2/c1-4-33(5-2)28-16-10-9-15-27(28)31-26-17-20-32(21-18-26)22-24(3)12-11-19-30-29(34)35-23-25-13-7-6-8-14-25/h6-10,13-16,24,26,31H,4-5,11-12,17-23H2,1-3H3,(H,30,34). The summed E-state index contributed by atoms with van der Waals surface area (Å²) in [5.74, 6) is 0.616. The molecule has 6 nitrogen and oxygen atoms in total. The first kappa shape index (κ1) is 26.9. The second-order valence-corrected chi connectivity index (χ2v) is 9.64. The highest BCUT2D eigenvalue weighted by Crippen LogP contribution is 2.28. The number of nitrogens with zero attached hydrogens (tertiary/aromatic N) is 2. The summed E-state index contributed by atoms with van der Waals surface area (Å²) in [6, 6.07) is 19.0. The van der Waals surface area contributed by atoms with Crippen molar-refractivity contribution in [2.75, 3.05) is 49.5 Å². The Morgan fingerprint density at radius 1 is 1.06 bits per heavy atom. The molecule has 0 radical (unpaired) electrons. The molecule has 0 aliphatic carbocycles. The number of carbonyl (C=O) groups is 1.